The van der Waals surface area contributed by atoms with E-state index in [0.717, 1.165) is 22.1 Å². The topological polar surface area (TPSA) is 71.5 Å². The first-order valence-electron chi connectivity index (χ1n) is 9.65. The van der Waals surface area contributed by atoms with Crippen LogP contribution >= 0.6 is 0 Å². The van der Waals surface area contributed by atoms with Gasteiger partial charge in [-0.1, -0.05) is 56.3 Å². The molecule has 1 unspecified atom stereocenters. The first-order chi connectivity index (χ1) is 13.4. The third-order valence-corrected chi connectivity index (χ3v) is 4.89. The molecule has 0 radical (unpaired) electrons. The van der Waals surface area contributed by atoms with Crippen LogP contribution < -0.4 is 11.1 Å². The van der Waals surface area contributed by atoms with Gasteiger partial charge in [0.05, 0.1) is 0 Å². The number of hydrogen-bond donors (Lipinski definition) is 2. The molecule has 0 fully saturated rings. The molecule has 0 saturated carbocycles. The standard InChI is InChI=1S/C23H29N3O2/c1-15(2)16-9-11-17(12-10-16)20(24)13-25-23(27)22-19(14-26(3)4)18-7-5-6-8-21(18)28-22/h5-12,15,20H,13-14,24H2,1-4H3,(H,25,27). The van der Waals surface area contributed by atoms with Gasteiger partial charge in [-0.2, -0.15) is 0 Å². The van der Waals surface area contributed by atoms with Gasteiger partial charge in [0.15, 0.2) is 5.76 Å². The molecule has 3 rings (SSSR count). The number of nitrogens with two attached hydrogens (primary N) is 1. The zero-order valence-corrected chi connectivity index (χ0v) is 17.0. The monoisotopic (exact) mass is 379 g/mol. The predicted molar refractivity (Wildman–Crippen MR) is 113 cm³/mol. The third-order valence-electron chi connectivity index (χ3n) is 4.89. The number of hydrogen-bond acceptors (Lipinski definition) is 4. The zero-order valence-electron chi connectivity index (χ0n) is 17.0. The molecule has 0 aliphatic carbocycles. The lowest BCUT2D eigenvalue weighted by Crippen LogP contribution is -2.32. The lowest BCUT2D eigenvalue weighted by molar-refractivity contribution is 0.0923. The third kappa shape index (κ3) is 4.43. The quantitative estimate of drug-likeness (QED) is 0.650. The molecule has 1 atom stereocenters. The van der Waals surface area contributed by atoms with Crippen LogP contribution in [0.3, 0.4) is 0 Å². The van der Waals surface area contributed by atoms with E-state index < -0.39 is 0 Å². The number of carbonyl (C=O) groups excluding carboxylic acids is 1. The van der Waals surface area contributed by atoms with Crippen LogP contribution in [-0.4, -0.2) is 31.4 Å². The van der Waals surface area contributed by atoms with Crippen LogP contribution in [0.5, 0.6) is 0 Å². The molecule has 1 aromatic heterocycles. The minimum absolute atomic E-state index is 0.234. The number of carbonyl (C=O) groups is 1. The normalized spacial score (nSPS) is 12.7. The Morgan fingerprint density at radius 2 is 1.71 bits per heavy atom. The van der Waals surface area contributed by atoms with E-state index in [9.17, 15) is 4.79 Å². The van der Waals surface area contributed by atoms with Crippen LogP contribution in [0.2, 0.25) is 0 Å². The molecule has 5 nitrogen and oxygen atoms in total. The smallest absolute Gasteiger partial charge is 0.287 e. The Bertz CT molecular complexity index is 942. The Morgan fingerprint density at radius 3 is 2.36 bits per heavy atom. The largest absolute Gasteiger partial charge is 0.451 e. The molecule has 148 valence electrons. The molecule has 2 aromatic carbocycles. The molecule has 1 heterocycles. The van der Waals surface area contributed by atoms with Crippen molar-refractivity contribution in [2.45, 2.75) is 32.4 Å². The minimum Gasteiger partial charge on any atom is -0.451 e. The van der Waals surface area contributed by atoms with Crippen molar-refractivity contribution in [3.63, 3.8) is 0 Å². The van der Waals surface area contributed by atoms with Gasteiger partial charge in [-0.05, 0) is 37.2 Å². The van der Waals surface area contributed by atoms with Gasteiger partial charge in [0.2, 0.25) is 0 Å². The highest BCUT2D eigenvalue weighted by molar-refractivity contribution is 5.99. The minimum atomic E-state index is -0.271. The van der Waals surface area contributed by atoms with E-state index in [2.05, 4.69) is 31.3 Å². The van der Waals surface area contributed by atoms with Crippen molar-refractivity contribution in [1.29, 1.82) is 0 Å². The molecule has 5 heteroatoms. The van der Waals surface area contributed by atoms with Crippen LogP contribution in [-0.2, 0) is 6.54 Å². The summed E-state index contributed by atoms with van der Waals surface area (Å²) in [6.07, 6.45) is 0. The van der Waals surface area contributed by atoms with E-state index in [1.54, 1.807) is 0 Å². The lowest BCUT2D eigenvalue weighted by Gasteiger charge is -2.15. The van der Waals surface area contributed by atoms with Crippen LogP contribution in [0.25, 0.3) is 11.0 Å². The lowest BCUT2D eigenvalue weighted by atomic mass is 9.99. The van der Waals surface area contributed by atoms with Crippen molar-refractivity contribution in [3.05, 3.63) is 71.0 Å². The number of amides is 1. The second kappa shape index (κ2) is 8.59. The van der Waals surface area contributed by atoms with Crippen molar-refractivity contribution in [2.24, 2.45) is 5.73 Å². The summed E-state index contributed by atoms with van der Waals surface area (Å²) in [7, 11) is 3.94. The van der Waals surface area contributed by atoms with Gasteiger partial charge in [0.25, 0.3) is 5.91 Å². The molecule has 0 saturated heterocycles. The van der Waals surface area contributed by atoms with Crippen LogP contribution in [0, 0.1) is 0 Å². The highest BCUT2D eigenvalue weighted by Gasteiger charge is 2.21. The maximum Gasteiger partial charge on any atom is 0.287 e. The Morgan fingerprint density at radius 1 is 1.07 bits per heavy atom. The molecule has 0 bridgehead atoms. The molecular weight excluding hydrogens is 350 g/mol. The first kappa shape index (κ1) is 20.1. The maximum atomic E-state index is 12.8. The molecule has 28 heavy (non-hydrogen) atoms. The van der Waals surface area contributed by atoms with Crippen molar-refractivity contribution >= 4 is 16.9 Å². The average molecular weight is 380 g/mol. The second-order valence-corrected chi connectivity index (χ2v) is 7.78. The average Bonchev–Trinajstić information content (AvgIpc) is 3.04. The van der Waals surface area contributed by atoms with E-state index in [-0.39, 0.29) is 11.9 Å². The molecule has 0 spiro atoms. The molecule has 0 aliphatic heterocycles. The Hall–Kier alpha value is -2.63. The van der Waals surface area contributed by atoms with Gasteiger partial charge < -0.3 is 20.4 Å². The molecule has 3 aromatic rings. The summed E-state index contributed by atoms with van der Waals surface area (Å²) >= 11 is 0. The SMILES string of the molecule is CC(C)c1ccc(C(N)CNC(=O)c2oc3ccccc3c2CN(C)C)cc1. The summed E-state index contributed by atoms with van der Waals surface area (Å²) in [5, 5.41) is 3.90. The fourth-order valence-corrected chi connectivity index (χ4v) is 3.28. The Kier molecular flexibility index (Phi) is 6.17. The number of nitrogens with one attached hydrogen (secondary N) is 1. The number of furan rings is 1. The second-order valence-electron chi connectivity index (χ2n) is 7.78. The molecule has 0 aliphatic rings. The molecule has 1 amide bonds. The maximum absolute atomic E-state index is 12.8. The Labute approximate surface area is 166 Å². The van der Waals surface area contributed by atoms with E-state index in [0.29, 0.717) is 24.8 Å². The summed E-state index contributed by atoms with van der Waals surface area (Å²) < 4.78 is 5.86. The number of benzene rings is 2. The van der Waals surface area contributed by atoms with Gasteiger partial charge in [-0.3, -0.25) is 4.79 Å². The van der Waals surface area contributed by atoms with Crippen molar-refractivity contribution in [1.82, 2.24) is 10.2 Å². The fourth-order valence-electron chi connectivity index (χ4n) is 3.28. The summed E-state index contributed by atoms with van der Waals surface area (Å²) in [6, 6.07) is 15.7. The summed E-state index contributed by atoms with van der Waals surface area (Å²) in [4.78, 5) is 14.8. The summed E-state index contributed by atoms with van der Waals surface area (Å²) in [6.45, 7) is 5.29. The molecule has 3 N–H and O–H groups in total. The fraction of sp³-hybridized carbons (Fsp3) is 0.348. The van der Waals surface area contributed by atoms with Gasteiger partial charge in [0.1, 0.15) is 5.58 Å². The van der Waals surface area contributed by atoms with Crippen molar-refractivity contribution in [3.8, 4) is 0 Å². The highest BCUT2D eigenvalue weighted by atomic mass is 16.3. The predicted octanol–water partition coefficient (Wildman–Crippen LogP) is 4.05. The van der Waals surface area contributed by atoms with Crippen LogP contribution in [0.15, 0.2) is 52.9 Å². The van der Waals surface area contributed by atoms with E-state index in [4.69, 9.17) is 10.2 Å². The Balaban J connectivity index is 1.74. The van der Waals surface area contributed by atoms with E-state index >= 15 is 0 Å². The number of rotatable bonds is 7. The van der Waals surface area contributed by atoms with Gasteiger partial charge in [-0.25, -0.2) is 0 Å². The first-order valence-corrected chi connectivity index (χ1v) is 9.65. The van der Waals surface area contributed by atoms with Crippen LogP contribution in [0.1, 0.15) is 53.1 Å². The van der Waals surface area contributed by atoms with E-state index in [1.165, 1.54) is 5.56 Å². The number of para-hydroxylation sites is 1. The van der Waals surface area contributed by atoms with Gasteiger partial charge >= 0.3 is 0 Å². The molecular formula is C23H29N3O2. The highest BCUT2D eigenvalue weighted by Crippen LogP contribution is 2.27. The van der Waals surface area contributed by atoms with Crippen molar-refractivity contribution in [2.75, 3.05) is 20.6 Å². The van der Waals surface area contributed by atoms with Crippen molar-refractivity contribution < 1.29 is 9.21 Å². The number of fused-ring (bicyclic) bond motifs is 1. The summed E-state index contributed by atoms with van der Waals surface area (Å²) in [5.41, 5.74) is 10.2. The summed E-state index contributed by atoms with van der Waals surface area (Å²) in [5.74, 6) is 0.604. The van der Waals surface area contributed by atoms with Crippen LogP contribution in [0.4, 0.5) is 0 Å². The zero-order chi connectivity index (χ0) is 20.3. The van der Waals surface area contributed by atoms with E-state index in [1.807, 2.05) is 55.4 Å². The van der Waals surface area contributed by atoms with Gasteiger partial charge in [-0.15, -0.1) is 0 Å². The van der Waals surface area contributed by atoms with Gasteiger partial charge in [0, 0.05) is 30.1 Å². The number of nitrogens with zero attached hydrogens (tertiary/aromatic N) is 1.